The van der Waals surface area contributed by atoms with E-state index in [0.29, 0.717) is 6.54 Å². The lowest BCUT2D eigenvalue weighted by atomic mass is 9.95. The highest BCUT2D eigenvalue weighted by Gasteiger charge is 2.27. The number of hydrogen-bond acceptors (Lipinski definition) is 5. The molecule has 0 radical (unpaired) electrons. The van der Waals surface area contributed by atoms with Crippen molar-refractivity contribution in [3.05, 3.63) is 71.5 Å². The number of aryl methyl sites for hydroxylation is 1. The van der Waals surface area contributed by atoms with Crippen LogP contribution in [0.1, 0.15) is 34.6 Å². The van der Waals surface area contributed by atoms with Crippen LogP contribution in [0.15, 0.2) is 54.6 Å². The number of piperidine rings is 1. The number of carbonyl (C=O) groups excluding carboxylic acids is 2. The number of rotatable bonds is 6. The topological polar surface area (TPSA) is 72.8 Å². The van der Waals surface area contributed by atoms with Gasteiger partial charge in [0.1, 0.15) is 0 Å². The molecule has 1 saturated heterocycles. The summed E-state index contributed by atoms with van der Waals surface area (Å²) < 4.78 is 13.0. The van der Waals surface area contributed by atoms with Crippen LogP contribution in [-0.2, 0) is 4.79 Å². The van der Waals surface area contributed by atoms with E-state index in [1.165, 1.54) is 0 Å². The summed E-state index contributed by atoms with van der Waals surface area (Å²) in [5.74, 6) is 1.60. The fourth-order valence-electron chi connectivity index (χ4n) is 4.87. The number of anilines is 1. The van der Waals surface area contributed by atoms with Gasteiger partial charge < -0.3 is 19.4 Å². The largest absolute Gasteiger partial charge is 0.454 e. The standard InChI is InChI=1S/C27H29N3O4/c1-18-14-23(19(2)30(18)22-8-9-25-26(15-22)34-17-33-25)24(31)16-29-12-10-20(11-13-29)27(32)28-21-6-4-3-5-7-21/h3-9,14-15,20H,10-13,16-17H2,1-2H3,(H,28,32). The Bertz CT molecular complexity index is 1210. The Labute approximate surface area is 199 Å². The van der Waals surface area contributed by atoms with Gasteiger partial charge in [0.2, 0.25) is 12.7 Å². The zero-order valence-corrected chi connectivity index (χ0v) is 19.5. The smallest absolute Gasteiger partial charge is 0.231 e. The number of fused-ring (bicyclic) bond motifs is 1. The minimum Gasteiger partial charge on any atom is -0.454 e. The maximum atomic E-state index is 13.2. The van der Waals surface area contributed by atoms with Crippen molar-refractivity contribution in [1.82, 2.24) is 9.47 Å². The molecule has 1 aromatic heterocycles. The molecule has 0 atom stereocenters. The summed E-state index contributed by atoms with van der Waals surface area (Å²) in [5.41, 5.74) is 4.42. The van der Waals surface area contributed by atoms with Gasteiger partial charge >= 0.3 is 0 Å². The number of nitrogens with zero attached hydrogens (tertiary/aromatic N) is 2. The summed E-state index contributed by atoms with van der Waals surface area (Å²) in [6.45, 7) is 6.05. The Hall–Kier alpha value is -3.58. The monoisotopic (exact) mass is 459 g/mol. The van der Waals surface area contributed by atoms with E-state index < -0.39 is 0 Å². The number of ketones is 1. The van der Waals surface area contributed by atoms with E-state index in [2.05, 4.69) is 14.8 Å². The third-order valence-electron chi connectivity index (χ3n) is 6.71. The molecule has 34 heavy (non-hydrogen) atoms. The van der Waals surface area contributed by atoms with Crippen LogP contribution in [0.2, 0.25) is 0 Å². The summed E-state index contributed by atoms with van der Waals surface area (Å²) >= 11 is 0. The van der Waals surface area contributed by atoms with Gasteiger partial charge in [-0.25, -0.2) is 0 Å². The molecule has 1 amide bonds. The van der Waals surface area contributed by atoms with Crippen LogP contribution in [0.5, 0.6) is 11.5 Å². The van der Waals surface area contributed by atoms with E-state index in [1.54, 1.807) is 0 Å². The molecule has 2 aliphatic rings. The Balaban J connectivity index is 1.21. The zero-order valence-electron chi connectivity index (χ0n) is 19.5. The fourth-order valence-corrected chi connectivity index (χ4v) is 4.87. The van der Waals surface area contributed by atoms with Gasteiger partial charge in [-0.15, -0.1) is 0 Å². The molecule has 1 fully saturated rings. The molecule has 0 saturated carbocycles. The number of carbonyl (C=O) groups is 2. The first-order valence-electron chi connectivity index (χ1n) is 11.7. The van der Waals surface area contributed by atoms with Crippen molar-refractivity contribution in [2.75, 3.05) is 31.7 Å². The first-order chi connectivity index (χ1) is 16.5. The summed E-state index contributed by atoms with van der Waals surface area (Å²) in [6, 6.07) is 17.3. The molecular formula is C27H29N3O4. The summed E-state index contributed by atoms with van der Waals surface area (Å²) in [7, 11) is 0. The number of ether oxygens (including phenoxy) is 2. The quantitative estimate of drug-likeness (QED) is 0.555. The Morgan fingerprint density at radius 1 is 0.971 bits per heavy atom. The first kappa shape index (κ1) is 22.2. The van der Waals surface area contributed by atoms with Gasteiger partial charge in [-0.1, -0.05) is 18.2 Å². The molecule has 176 valence electrons. The number of benzene rings is 2. The van der Waals surface area contributed by atoms with Gasteiger partial charge in [0.15, 0.2) is 17.3 Å². The van der Waals surface area contributed by atoms with Crippen LogP contribution in [0.25, 0.3) is 5.69 Å². The molecule has 0 spiro atoms. The van der Waals surface area contributed by atoms with E-state index in [1.807, 2.05) is 68.4 Å². The second-order valence-corrected chi connectivity index (χ2v) is 8.99. The molecule has 1 N–H and O–H groups in total. The number of hydrogen-bond donors (Lipinski definition) is 1. The number of aromatic nitrogens is 1. The van der Waals surface area contributed by atoms with Crippen molar-refractivity contribution in [3.8, 4) is 17.2 Å². The van der Waals surface area contributed by atoms with E-state index in [0.717, 1.165) is 65.8 Å². The second kappa shape index (κ2) is 9.35. The predicted molar refractivity (Wildman–Crippen MR) is 130 cm³/mol. The Morgan fingerprint density at radius 2 is 1.71 bits per heavy atom. The Morgan fingerprint density at radius 3 is 2.47 bits per heavy atom. The summed E-state index contributed by atoms with van der Waals surface area (Å²) in [5, 5.41) is 3.00. The van der Waals surface area contributed by atoms with Crippen molar-refractivity contribution in [3.63, 3.8) is 0 Å². The summed E-state index contributed by atoms with van der Waals surface area (Å²) in [4.78, 5) is 27.9. The summed E-state index contributed by atoms with van der Waals surface area (Å²) in [6.07, 6.45) is 1.50. The van der Waals surface area contributed by atoms with Crippen molar-refractivity contribution < 1.29 is 19.1 Å². The van der Waals surface area contributed by atoms with Crippen LogP contribution in [0.4, 0.5) is 5.69 Å². The van der Waals surface area contributed by atoms with Crippen molar-refractivity contribution in [2.24, 2.45) is 5.92 Å². The average molecular weight is 460 g/mol. The van der Waals surface area contributed by atoms with Gasteiger partial charge in [0, 0.05) is 40.3 Å². The molecular weight excluding hydrogens is 430 g/mol. The minimum absolute atomic E-state index is 0.0253. The third kappa shape index (κ3) is 4.43. The maximum Gasteiger partial charge on any atom is 0.231 e. The van der Waals surface area contributed by atoms with Gasteiger partial charge in [0.05, 0.1) is 6.54 Å². The number of Topliss-reactive ketones (excluding diaryl/α,β-unsaturated/α-hetero) is 1. The molecule has 3 heterocycles. The van der Waals surface area contributed by atoms with E-state index >= 15 is 0 Å². The number of likely N-dealkylation sites (tertiary alicyclic amines) is 1. The zero-order chi connectivity index (χ0) is 23.7. The van der Waals surface area contributed by atoms with Crippen molar-refractivity contribution >= 4 is 17.4 Å². The fraction of sp³-hybridized carbons (Fsp3) is 0.333. The lowest BCUT2D eigenvalue weighted by Crippen LogP contribution is -2.40. The number of amides is 1. The molecule has 5 rings (SSSR count). The molecule has 0 unspecified atom stereocenters. The van der Waals surface area contributed by atoms with Crippen LogP contribution < -0.4 is 14.8 Å². The highest BCUT2D eigenvalue weighted by atomic mass is 16.7. The van der Waals surface area contributed by atoms with Crippen LogP contribution in [-0.4, -0.2) is 47.6 Å². The second-order valence-electron chi connectivity index (χ2n) is 8.99. The van der Waals surface area contributed by atoms with E-state index in [9.17, 15) is 9.59 Å². The molecule has 0 bridgehead atoms. The molecule has 2 aromatic carbocycles. The number of nitrogens with one attached hydrogen (secondary N) is 1. The predicted octanol–water partition coefficient (Wildman–Crippen LogP) is 4.36. The molecule has 3 aromatic rings. The lowest BCUT2D eigenvalue weighted by Gasteiger charge is -2.30. The average Bonchev–Trinajstić information content (AvgIpc) is 3.43. The molecule has 7 heteroatoms. The van der Waals surface area contributed by atoms with Gasteiger partial charge in [-0.3, -0.25) is 14.5 Å². The van der Waals surface area contributed by atoms with Crippen LogP contribution in [0.3, 0.4) is 0 Å². The minimum atomic E-state index is -0.0253. The van der Waals surface area contributed by atoms with E-state index in [-0.39, 0.29) is 24.4 Å². The van der Waals surface area contributed by atoms with Gasteiger partial charge in [0.25, 0.3) is 0 Å². The maximum absolute atomic E-state index is 13.2. The highest BCUT2D eigenvalue weighted by Crippen LogP contribution is 2.35. The van der Waals surface area contributed by atoms with E-state index in [4.69, 9.17) is 9.47 Å². The SMILES string of the molecule is Cc1cc(C(=O)CN2CCC(C(=O)Nc3ccccc3)CC2)c(C)n1-c1ccc2c(c1)OCO2. The van der Waals surface area contributed by atoms with Crippen molar-refractivity contribution in [2.45, 2.75) is 26.7 Å². The van der Waals surface area contributed by atoms with Crippen LogP contribution in [0, 0.1) is 19.8 Å². The lowest BCUT2D eigenvalue weighted by molar-refractivity contribution is -0.121. The van der Waals surface area contributed by atoms with Gasteiger partial charge in [-0.2, -0.15) is 0 Å². The highest BCUT2D eigenvalue weighted by molar-refractivity contribution is 5.99. The van der Waals surface area contributed by atoms with Gasteiger partial charge in [-0.05, 0) is 70.1 Å². The first-order valence-corrected chi connectivity index (χ1v) is 11.7. The Kier molecular flexibility index (Phi) is 6.11. The molecule has 7 nitrogen and oxygen atoms in total. The normalized spacial score (nSPS) is 15.9. The number of para-hydroxylation sites is 1. The van der Waals surface area contributed by atoms with Crippen molar-refractivity contribution in [1.29, 1.82) is 0 Å². The molecule has 0 aliphatic carbocycles. The molecule has 2 aliphatic heterocycles. The van der Waals surface area contributed by atoms with Crippen LogP contribution >= 0.6 is 0 Å². The third-order valence-corrected chi connectivity index (χ3v) is 6.71.